The van der Waals surface area contributed by atoms with E-state index in [0.29, 0.717) is 36.8 Å². The third-order valence-electron chi connectivity index (χ3n) is 4.70. The van der Waals surface area contributed by atoms with E-state index >= 15 is 0 Å². The van der Waals surface area contributed by atoms with Gasteiger partial charge in [0.1, 0.15) is 6.04 Å². The molecule has 0 radical (unpaired) electrons. The first-order valence-electron chi connectivity index (χ1n) is 7.89. The summed E-state index contributed by atoms with van der Waals surface area (Å²) in [6.45, 7) is 0.886. The molecule has 0 spiro atoms. The van der Waals surface area contributed by atoms with E-state index < -0.39 is 28.5 Å². The molecule has 0 aromatic carbocycles. The van der Waals surface area contributed by atoms with Crippen LogP contribution in [0, 0.1) is 0 Å². The van der Waals surface area contributed by atoms with Crippen LogP contribution in [0.3, 0.4) is 0 Å². The highest BCUT2D eigenvalue weighted by atomic mass is 32.3. The van der Waals surface area contributed by atoms with Crippen molar-refractivity contribution in [2.24, 2.45) is 5.73 Å². The number of piperidine rings is 1. The Balaban J connectivity index is 0.00000196. The number of nitrogens with two attached hydrogens (primary N) is 1. The summed E-state index contributed by atoms with van der Waals surface area (Å²) in [4.78, 5) is 13.7. The largest absolute Gasteiger partial charge is 1.00 e. The van der Waals surface area contributed by atoms with Crippen LogP contribution >= 0.6 is 0 Å². The molecule has 1 aromatic rings. The fourth-order valence-corrected chi connectivity index (χ4v) is 3.94. The van der Waals surface area contributed by atoms with Crippen LogP contribution in [0.1, 0.15) is 44.6 Å². The van der Waals surface area contributed by atoms with Crippen LogP contribution in [-0.4, -0.2) is 64.3 Å². The van der Waals surface area contributed by atoms with Crippen molar-refractivity contribution >= 4 is 16.4 Å². The molecule has 3 aliphatic heterocycles. The van der Waals surface area contributed by atoms with Gasteiger partial charge in [0.15, 0.2) is 0 Å². The smallest absolute Gasteiger partial charge is 0.724 e. The summed E-state index contributed by atoms with van der Waals surface area (Å²) in [6, 6.07) is -1.77. The van der Waals surface area contributed by atoms with E-state index in [4.69, 9.17) is 10.2 Å². The molecule has 4 heterocycles. The Hall–Kier alpha value is -1.80. The monoisotopic (exact) mass is 374 g/mol. The maximum absolute atomic E-state index is 12.4. The van der Waals surface area contributed by atoms with Gasteiger partial charge in [-0.25, -0.2) is 13.2 Å². The van der Waals surface area contributed by atoms with Crippen molar-refractivity contribution in [2.45, 2.75) is 43.4 Å². The summed E-state index contributed by atoms with van der Waals surface area (Å²) >= 11 is 0. The van der Waals surface area contributed by atoms with Crippen molar-refractivity contribution in [3.63, 3.8) is 0 Å². The molecule has 4 atom stereocenters. The van der Waals surface area contributed by atoms with Crippen LogP contribution in [0.15, 0.2) is 4.42 Å². The minimum Gasteiger partial charge on any atom is -0.724 e. The number of nitrogens with one attached hydrogen (secondary N) is 1. The summed E-state index contributed by atoms with van der Waals surface area (Å²) in [6.07, 6.45) is 1.63. The quantitative estimate of drug-likeness (QED) is 0.486. The van der Waals surface area contributed by atoms with Crippen molar-refractivity contribution in [2.75, 3.05) is 13.1 Å². The zero-order chi connectivity index (χ0) is 17.8. The van der Waals surface area contributed by atoms with Gasteiger partial charge in [0.2, 0.25) is 22.2 Å². The molecule has 25 heavy (non-hydrogen) atoms. The van der Waals surface area contributed by atoms with Crippen molar-refractivity contribution in [3.8, 4) is 0 Å². The van der Waals surface area contributed by atoms with Crippen molar-refractivity contribution in [1.29, 1.82) is 0 Å². The lowest BCUT2D eigenvalue weighted by molar-refractivity contribution is -0.0328. The summed E-state index contributed by atoms with van der Waals surface area (Å²) in [5.74, 6) is 0.683. The zero-order valence-corrected chi connectivity index (χ0v) is 13.9. The van der Waals surface area contributed by atoms with Crippen molar-refractivity contribution in [1.82, 2.24) is 25.5 Å². The summed E-state index contributed by atoms with van der Waals surface area (Å²) in [7, 11) is -5.02. The molecule has 1 aromatic heterocycles. The van der Waals surface area contributed by atoms with E-state index in [0.717, 1.165) is 0 Å². The van der Waals surface area contributed by atoms with E-state index in [-0.39, 0.29) is 25.9 Å². The number of urea groups is 1. The molecule has 4 rings (SSSR count). The average Bonchev–Trinajstić information content (AvgIpc) is 3.23. The number of carbonyl (C=O) groups excluding carboxylic acids is 1. The Morgan fingerprint density at radius 1 is 1.36 bits per heavy atom. The lowest BCUT2D eigenvalue weighted by Gasteiger charge is -2.27. The topological polar surface area (TPSA) is 167 Å². The first-order chi connectivity index (χ1) is 11.8. The van der Waals surface area contributed by atoms with Crippen molar-refractivity contribution in [3.05, 3.63) is 11.8 Å². The van der Waals surface area contributed by atoms with E-state index in [1.165, 1.54) is 4.90 Å². The van der Waals surface area contributed by atoms with Crippen LogP contribution in [0.4, 0.5) is 4.79 Å². The van der Waals surface area contributed by atoms with Gasteiger partial charge < -0.3 is 24.9 Å². The molecule has 0 unspecified atom stereocenters. The number of fused-ring (bicyclic) bond motifs is 2. The Morgan fingerprint density at radius 2 is 2.12 bits per heavy atom. The highest BCUT2D eigenvalue weighted by Gasteiger charge is 2.48. The van der Waals surface area contributed by atoms with Gasteiger partial charge in [-0.2, -0.15) is 9.35 Å². The molecule has 0 saturated carbocycles. The number of carbonyl (C=O) groups is 1. The predicted molar refractivity (Wildman–Crippen MR) is 79.2 cm³/mol. The van der Waals surface area contributed by atoms with Crippen LogP contribution in [0.25, 0.3) is 0 Å². The van der Waals surface area contributed by atoms with Gasteiger partial charge in [0.25, 0.3) is 0 Å². The number of amides is 2. The second-order valence-electron chi connectivity index (χ2n) is 6.43. The van der Waals surface area contributed by atoms with Crippen molar-refractivity contribution < 1.29 is 27.9 Å². The van der Waals surface area contributed by atoms with Gasteiger partial charge in [0, 0.05) is 19.1 Å². The zero-order valence-electron chi connectivity index (χ0n) is 14.1. The second-order valence-corrected chi connectivity index (χ2v) is 7.39. The molecule has 2 amide bonds. The minimum atomic E-state index is -5.02. The molecular weight excluding hydrogens is 356 g/mol. The Morgan fingerprint density at radius 3 is 2.80 bits per heavy atom. The van der Waals surface area contributed by atoms with Crippen LogP contribution in [0.5, 0.6) is 0 Å². The predicted octanol–water partition coefficient (Wildman–Crippen LogP) is -1.12. The maximum Gasteiger partial charge on any atom is 1.00 e. The van der Waals surface area contributed by atoms with E-state index in [1.54, 1.807) is 0 Å². The first kappa shape index (κ1) is 16.7. The Bertz CT molecular complexity index is 789. The number of hydrogen-bond donors (Lipinski definition) is 2. The Labute approximate surface area is 144 Å². The van der Waals surface area contributed by atoms with E-state index in [2.05, 4.69) is 19.8 Å². The molecule has 2 bridgehead atoms. The minimum absolute atomic E-state index is 0. The molecule has 138 valence electrons. The highest BCUT2D eigenvalue weighted by molar-refractivity contribution is 7.80. The van der Waals surface area contributed by atoms with Gasteiger partial charge >= 0.3 is 7.46 Å². The van der Waals surface area contributed by atoms with Gasteiger partial charge in [-0.15, -0.1) is 10.2 Å². The second kappa shape index (κ2) is 5.88. The summed E-state index contributed by atoms with van der Waals surface area (Å²) in [5.41, 5.74) is 5.85. The molecule has 3 N–H and O–H groups in total. The number of hydrogen-bond acceptors (Lipinski definition) is 10. The molecule has 3 saturated heterocycles. The molecular formula is C12H18N6O6S. The van der Waals surface area contributed by atoms with Crippen LogP contribution in [-0.2, 0) is 14.7 Å². The van der Waals surface area contributed by atoms with Gasteiger partial charge in [-0.3, -0.25) is 0 Å². The van der Waals surface area contributed by atoms with Crippen LogP contribution < -0.4 is 11.1 Å². The number of aromatic nitrogens is 2. The average molecular weight is 374 g/mol. The number of hydroxylamine groups is 2. The molecule has 0 aliphatic carbocycles. The third kappa shape index (κ3) is 3.08. The first-order valence-corrected chi connectivity index (χ1v) is 9.22. The number of nitrogens with zero attached hydrogens (tertiary/aromatic N) is 4. The van der Waals surface area contributed by atoms with Gasteiger partial charge in [-0.1, -0.05) is 0 Å². The fourth-order valence-electron chi connectivity index (χ4n) is 3.56. The Kier molecular flexibility index (Phi) is 3.92. The van der Waals surface area contributed by atoms with E-state index in [1.807, 2.05) is 0 Å². The van der Waals surface area contributed by atoms with Crippen LogP contribution in [0.2, 0.25) is 0 Å². The highest BCUT2D eigenvalue weighted by Crippen LogP contribution is 2.38. The SMILES string of the molecule is N[C@@H]1CN[C@H](c2nnc([C@@H]3CC[C@@H]4CN3C(=O)N4OS(=O)(=O)[O-])o2)C1.[H+]. The lowest BCUT2D eigenvalue weighted by atomic mass is 10.0. The fraction of sp³-hybridized carbons (Fsp3) is 0.750. The molecule has 3 aliphatic rings. The summed E-state index contributed by atoms with van der Waals surface area (Å²) < 4.78 is 42.4. The van der Waals surface area contributed by atoms with Gasteiger partial charge in [-0.05, 0) is 19.3 Å². The summed E-state index contributed by atoms with van der Waals surface area (Å²) in [5, 5.41) is 11.9. The molecule has 13 heteroatoms. The van der Waals surface area contributed by atoms with Gasteiger partial charge in [0.05, 0.1) is 12.1 Å². The molecule has 12 nitrogen and oxygen atoms in total. The lowest BCUT2D eigenvalue weighted by Crippen LogP contribution is -2.35. The molecule has 3 fully saturated rings. The normalized spacial score (nSPS) is 32.6. The third-order valence-corrected chi connectivity index (χ3v) is 5.04. The maximum atomic E-state index is 12.4. The van der Waals surface area contributed by atoms with E-state index in [9.17, 15) is 17.8 Å². The standard InChI is InChI=1S/C12H18N6O6S/c13-6-3-8(14-4-6)10-15-16-11(23-10)9-2-1-7-5-17(9)12(19)18(7)24-25(20,21)22/h6-9,14H,1-5,13H2,(H,20,21,22)/t6-,7+,8-,9-/m0/s1. The number of rotatable bonds is 4.